The molecule has 1 heterocycles. The van der Waals surface area contributed by atoms with Crippen LogP contribution < -0.4 is 5.73 Å². The van der Waals surface area contributed by atoms with Gasteiger partial charge in [0, 0.05) is 0 Å². The van der Waals surface area contributed by atoms with Crippen LogP contribution >= 0.6 is 0 Å². The fourth-order valence-electron chi connectivity index (χ4n) is 1.28. The first-order chi connectivity index (χ1) is 6.79. The van der Waals surface area contributed by atoms with Crippen LogP contribution in [-0.2, 0) is 6.61 Å². The molecule has 1 aromatic heterocycles. The number of aliphatic hydroxyl groups excluding tert-OH is 1. The lowest BCUT2D eigenvalue weighted by atomic mass is 10.2. The second kappa shape index (κ2) is 3.51. The van der Waals surface area contributed by atoms with Crippen molar-refractivity contribution < 1.29 is 5.11 Å². The summed E-state index contributed by atoms with van der Waals surface area (Å²) in [4.78, 5) is 0. The molecule has 0 radical (unpaired) electrons. The van der Waals surface area contributed by atoms with Gasteiger partial charge in [0.05, 0.1) is 30.4 Å². The van der Waals surface area contributed by atoms with E-state index < -0.39 is 0 Å². The van der Waals surface area contributed by atoms with Crippen LogP contribution in [0.15, 0.2) is 36.7 Å². The van der Waals surface area contributed by atoms with Gasteiger partial charge in [-0.2, -0.15) is 5.10 Å². The zero-order valence-corrected chi connectivity index (χ0v) is 7.59. The Kier molecular flexibility index (Phi) is 2.20. The second-order valence-corrected chi connectivity index (χ2v) is 3.05. The van der Waals surface area contributed by atoms with Gasteiger partial charge >= 0.3 is 0 Å². The molecule has 3 N–H and O–H groups in total. The van der Waals surface area contributed by atoms with Crippen LogP contribution in [0.1, 0.15) is 5.56 Å². The molecule has 4 heteroatoms. The summed E-state index contributed by atoms with van der Waals surface area (Å²) < 4.78 is 1.68. The van der Waals surface area contributed by atoms with Gasteiger partial charge in [-0.15, -0.1) is 0 Å². The van der Waals surface area contributed by atoms with Crippen molar-refractivity contribution in [2.24, 2.45) is 0 Å². The lowest BCUT2D eigenvalue weighted by Gasteiger charge is -2.02. The Morgan fingerprint density at radius 3 is 2.93 bits per heavy atom. The number of nitrogens with zero attached hydrogens (tertiary/aromatic N) is 2. The normalized spacial score (nSPS) is 10.4. The third kappa shape index (κ3) is 1.60. The van der Waals surface area contributed by atoms with Gasteiger partial charge < -0.3 is 10.8 Å². The maximum atomic E-state index is 8.96. The monoisotopic (exact) mass is 189 g/mol. The number of anilines is 1. The van der Waals surface area contributed by atoms with Gasteiger partial charge in [0.2, 0.25) is 0 Å². The molecular weight excluding hydrogens is 178 g/mol. The van der Waals surface area contributed by atoms with E-state index >= 15 is 0 Å². The summed E-state index contributed by atoms with van der Waals surface area (Å²) in [6, 6.07) is 7.51. The van der Waals surface area contributed by atoms with E-state index in [2.05, 4.69) is 5.10 Å². The molecule has 0 spiro atoms. The molecule has 0 fully saturated rings. The lowest BCUT2D eigenvalue weighted by molar-refractivity contribution is 0.282. The van der Waals surface area contributed by atoms with Crippen LogP contribution in [0.25, 0.3) is 5.69 Å². The number of nitrogens with two attached hydrogens (primary N) is 1. The summed E-state index contributed by atoms with van der Waals surface area (Å²) in [5.74, 6) is 0. The molecule has 0 aliphatic carbocycles. The number of nitrogen functional groups attached to an aromatic ring is 1. The molecule has 0 saturated heterocycles. The van der Waals surface area contributed by atoms with E-state index in [0.29, 0.717) is 5.69 Å². The van der Waals surface area contributed by atoms with E-state index in [0.717, 1.165) is 11.3 Å². The largest absolute Gasteiger partial charge is 0.396 e. The van der Waals surface area contributed by atoms with Gasteiger partial charge in [-0.3, -0.25) is 0 Å². The Morgan fingerprint density at radius 1 is 1.43 bits per heavy atom. The highest BCUT2D eigenvalue weighted by Crippen LogP contribution is 2.11. The first-order valence-electron chi connectivity index (χ1n) is 4.30. The average Bonchev–Trinajstić information content (AvgIpc) is 2.65. The topological polar surface area (TPSA) is 64.1 Å². The van der Waals surface area contributed by atoms with Crippen LogP contribution in [0, 0.1) is 0 Å². The summed E-state index contributed by atoms with van der Waals surface area (Å²) >= 11 is 0. The van der Waals surface area contributed by atoms with E-state index in [1.165, 1.54) is 0 Å². The lowest BCUT2D eigenvalue weighted by Crippen LogP contribution is -1.95. The Balaban J connectivity index is 2.41. The fraction of sp³-hybridized carbons (Fsp3) is 0.100. The van der Waals surface area contributed by atoms with E-state index in [-0.39, 0.29) is 6.61 Å². The number of aromatic nitrogens is 2. The van der Waals surface area contributed by atoms with Gasteiger partial charge in [-0.25, -0.2) is 4.68 Å². The molecule has 0 saturated carbocycles. The first kappa shape index (κ1) is 8.77. The van der Waals surface area contributed by atoms with Gasteiger partial charge in [0.1, 0.15) is 0 Å². The number of hydrogen-bond acceptors (Lipinski definition) is 3. The smallest absolute Gasteiger partial charge is 0.0724 e. The van der Waals surface area contributed by atoms with E-state index in [9.17, 15) is 0 Å². The number of rotatable bonds is 2. The molecule has 0 atom stereocenters. The Morgan fingerprint density at radius 2 is 2.29 bits per heavy atom. The SMILES string of the molecule is Nc1cnn(-c2cccc(CO)c2)c1. The van der Waals surface area contributed by atoms with Crippen molar-refractivity contribution >= 4 is 5.69 Å². The highest BCUT2D eigenvalue weighted by atomic mass is 16.3. The van der Waals surface area contributed by atoms with Crippen LogP contribution in [0.4, 0.5) is 5.69 Å². The zero-order valence-electron chi connectivity index (χ0n) is 7.59. The van der Waals surface area contributed by atoms with Crippen LogP contribution in [0.3, 0.4) is 0 Å². The molecule has 0 unspecified atom stereocenters. The van der Waals surface area contributed by atoms with Gasteiger partial charge in [0.15, 0.2) is 0 Å². The third-order valence-electron chi connectivity index (χ3n) is 1.96. The quantitative estimate of drug-likeness (QED) is 0.739. The van der Waals surface area contributed by atoms with Gasteiger partial charge in [-0.05, 0) is 17.7 Å². The molecule has 4 nitrogen and oxygen atoms in total. The van der Waals surface area contributed by atoms with Crippen molar-refractivity contribution in [1.82, 2.24) is 9.78 Å². The van der Waals surface area contributed by atoms with Crippen molar-refractivity contribution in [3.63, 3.8) is 0 Å². The van der Waals surface area contributed by atoms with Crippen molar-refractivity contribution in [2.75, 3.05) is 5.73 Å². The summed E-state index contributed by atoms with van der Waals surface area (Å²) in [5, 5.41) is 13.0. The number of hydrogen-bond donors (Lipinski definition) is 2. The molecule has 72 valence electrons. The zero-order chi connectivity index (χ0) is 9.97. The van der Waals surface area contributed by atoms with E-state index in [1.54, 1.807) is 17.1 Å². The first-order valence-corrected chi connectivity index (χ1v) is 4.30. The molecule has 0 amide bonds. The molecule has 2 rings (SSSR count). The van der Waals surface area contributed by atoms with Crippen molar-refractivity contribution in [3.05, 3.63) is 42.2 Å². The maximum absolute atomic E-state index is 8.96. The van der Waals surface area contributed by atoms with Gasteiger partial charge in [-0.1, -0.05) is 12.1 Å². The van der Waals surface area contributed by atoms with Crippen molar-refractivity contribution in [3.8, 4) is 5.69 Å². The van der Waals surface area contributed by atoms with Crippen molar-refractivity contribution in [1.29, 1.82) is 0 Å². The predicted octanol–water partition coefficient (Wildman–Crippen LogP) is 0.947. The molecular formula is C10H11N3O. The van der Waals surface area contributed by atoms with E-state index in [1.807, 2.05) is 24.3 Å². The molecule has 2 aromatic rings. The molecule has 0 aliphatic rings. The maximum Gasteiger partial charge on any atom is 0.0724 e. The summed E-state index contributed by atoms with van der Waals surface area (Å²) in [6.45, 7) is 0.0323. The summed E-state index contributed by atoms with van der Waals surface area (Å²) in [7, 11) is 0. The Labute approximate surface area is 81.6 Å². The number of aliphatic hydroxyl groups is 1. The summed E-state index contributed by atoms with van der Waals surface area (Å²) in [5.41, 5.74) is 7.93. The highest BCUT2D eigenvalue weighted by molar-refractivity contribution is 5.39. The molecule has 0 bridgehead atoms. The minimum absolute atomic E-state index is 0.0323. The van der Waals surface area contributed by atoms with Crippen LogP contribution in [0.2, 0.25) is 0 Å². The predicted molar refractivity (Wildman–Crippen MR) is 53.9 cm³/mol. The average molecular weight is 189 g/mol. The van der Waals surface area contributed by atoms with Gasteiger partial charge in [0.25, 0.3) is 0 Å². The standard InChI is InChI=1S/C10H11N3O/c11-9-5-12-13(6-9)10-3-1-2-8(4-10)7-14/h1-6,14H,7,11H2. The Hall–Kier alpha value is -1.81. The minimum atomic E-state index is 0.0323. The highest BCUT2D eigenvalue weighted by Gasteiger charge is 1.98. The van der Waals surface area contributed by atoms with Crippen molar-refractivity contribution in [2.45, 2.75) is 6.61 Å². The molecule has 14 heavy (non-hydrogen) atoms. The number of benzene rings is 1. The van der Waals surface area contributed by atoms with Crippen LogP contribution in [-0.4, -0.2) is 14.9 Å². The Bertz CT molecular complexity index is 436. The van der Waals surface area contributed by atoms with E-state index in [4.69, 9.17) is 10.8 Å². The second-order valence-electron chi connectivity index (χ2n) is 3.05. The van der Waals surface area contributed by atoms with Crippen LogP contribution in [0.5, 0.6) is 0 Å². The minimum Gasteiger partial charge on any atom is -0.396 e. The summed E-state index contributed by atoms with van der Waals surface area (Å²) in [6.07, 6.45) is 3.32. The molecule has 0 aliphatic heterocycles. The third-order valence-corrected chi connectivity index (χ3v) is 1.96. The fourth-order valence-corrected chi connectivity index (χ4v) is 1.28. The molecule has 1 aromatic carbocycles.